The monoisotopic (exact) mass is 429 g/mol. The molecule has 0 saturated carbocycles. The van der Waals surface area contributed by atoms with Gasteiger partial charge in [0, 0.05) is 29.9 Å². The van der Waals surface area contributed by atoms with Gasteiger partial charge in [0.1, 0.15) is 6.04 Å². The van der Waals surface area contributed by atoms with Crippen LogP contribution in [0.2, 0.25) is 0 Å². The Morgan fingerprint density at radius 1 is 1.12 bits per heavy atom. The summed E-state index contributed by atoms with van der Waals surface area (Å²) in [4.78, 5) is 36.9. The van der Waals surface area contributed by atoms with Gasteiger partial charge in [0.05, 0.1) is 17.3 Å². The predicted molar refractivity (Wildman–Crippen MR) is 122 cm³/mol. The van der Waals surface area contributed by atoms with Crippen LogP contribution in [-0.4, -0.2) is 21.6 Å². The lowest BCUT2D eigenvalue weighted by Gasteiger charge is -2.18. The zero-order valence-electron chi connectivity index (χ0n) is 18.0. The number of nitriles is 1. The Morgan fingerprint density at radius 2 is 1.91 bits per heavy atom. The van der Waals surface area contributed by atoms with E-state index in [9.17, 15) is 14.4 Å². The first-order chi connectivity index (χ1) is 15.3. The van der Waals surface area contributed by atoms with E-state index in [0.717, 1.165) is 10.2 Å². The van der Waals surface area contributed by atoms with Gasteiger partial charge in [-0.05, 0) is 49.2 Å². The fraction of sp³-hybridized carbons (Fsp3) is 0.208. The summed E-state index contributed by atoms with van der Waals surface area (Å²) in [5.41, 5.74) is 3.21. The number of nitrogens with zero attached hydrogens (tertiary/aromatic N) is 3. The van der Waals surface area contributed by atoms with Gasteiger partial charge in [0.2, 0.25) is 11.8 Å². The average Bonchev–Trinajstić information content (AvgIpc) is 2.77. The molecule has 0 spiro atoms. The molecule has 0 aliphatic carbocycles. The largest absolute Gasteiger partial charge is 0.326 e. The first kappa shape index (κ1) is 22.4. The van der Waals surface area contributed by atoms with Gasteiger partial charge in [-0.3, -0.25) is 14.4 Å². The van der Waals surface area contributed by atoms with Crippen molar-refractivity contribution in [1.29, 1.82) is 5.26 Å². The van der Waals surface area contributed by atoms with Crippen molar-refractivity contribution in [2.75, 3.05) is 10.6 Å². The van der Waals surface area contributed by atoms with Crippen molar-refractivity contribution in [2.24, 2.45) is 0 Å². The molecule has 0 aliphatic heterocycles. The molecule has 32 heavy (non-hydrogen) atoms. The van der Waals surface area contributed by atoms with Gasteiger partial charge < -0.3 is 10.6 Å². The molecule has 8 nitrogen and oxygen atoms in total. The van der Waals surface area contributed by atoms with E-state index in [1.54, 1.807) is 43.3 Å². The number of amides is 2. The highest BCUT2D eigenvalue weighted by atomic mass is 16.2. The van der Waals surface area contributed by atoms with E-state index in [0.29, 0.717) is 34.6 Å². The number of carbonyl (C=O) groups is 2. The molecule has 1 heterocycles. The topological polar surface area (TPSA) is 117 Å². The van der Waals surface area contributed by atoms with E-state index in [1.807, 2.05) is 25.1 Å². The summed E-state index contributed by atoms with van der Waals surface area (Å²) in [5.74, 6) is -0.594. The summed E-state index contributed by atoms with van der Waals surface area (Å²) in [6.07, 6.45) is 0.338. The minimum atomic E-state index is -0.839. The lowest BCUT2D eigenvalue weighted by Crippen LogP contribution is -2.34. The van der Waals surface area contributed by atoms with Crippen molar-refractivity contribution in [3.63, 3.8) is 0 Å². The lowest BCUT2D eigenvalue weighted by molar-refractivity contribution is -0.119. The number of hydrogen-bond donors (Lipinski definition) is 2. The van der Waals surface area contributed by atoms with Crippen molar-refractivity contribution in [2.45, 2.75) is 33.2 Å². The lowest BCUT2D eigenvalue weighted by atomic mass is 10.1. The van der Waals surface area contributed by atoms with Crippen LogP contribution >= 0.6 is 0 Å². The second-order valence-electron chi connectivity index (χ2n) is 7.32. The first-order valence-electron chi connectivity index (χ1n) is 10.1. The third-order valence-corrected chi connectivity index (χ3v) is 4.91. The first-order valence-corrected chi connectivity index (χ1v) is 10.1. The SMILES string of the molecule is CCC(C(=O)Nc1cccc(C#N)c1)n1nc(-c2ccc(C)c(NC(C)=O)c2)ccc1=O. The molecule has 2 aromatic carbocycles. The molecule has 0 radical (unpaired) electrons. The molecule has 1 unspecified atom stereocenters. The third-order valence-electron chi connectivity index (χ3n) is 4.91. The minimum Gasteiger partial charge on any atom is -0.326 e. The van der Waals surface area contributed by atoms with Crippen LogP contribution in [0.4, 0.5) is 11.4 Å². The van der Waals surface area contributed by atoms with Crippen LogP contribution in [0.25, 0.3) is 11.3 Å². The van der Waals surface area contributed by atoms with Gasteiger partial charge in [0.15, 0.2) is 0 Å². The van der Waals surface area contributed by atoms with Gasteiger partial charge in [-0.25, -0.2) is 4.68 Å². The number of nitrogens with one attached hydrogen (secondary N) is 2. The minimum absolute atomic E-state index is 0.189. The van der Waals surface area contributed by atoms with Crippen molar-refractivity contribution in [3.05, 3.63) is 76.1 Å². The molecule has 3 rings (SSSR count). The molecule has 1 aromatic heterocycles. The Bertz CT molecular complexity index is 1270. The predicted octanol–water partition coefficient (Wildman–Crippen LogP) is 3.64. The summed E-state index contributed by atoms with van der Waals surface area (Å²) in [6, 6.07) is 16.2. The summed E-state index contributed by atoms with van der Waals surface area (Å²) in [6.45, 7) is 5.10. The molecule has 8 heteroatoms. The molecule has 0 fully saturated rings. The normalized spacial score (nSPS) is 11.3. The van der Waals surface area contributed by atoms with Crippen molar-refractivity contribution in [1.82, 2.24) is 9.78 Å². The van der Waals surface area contributed by atoms with E-state index >= 15 is 0 Å². The van der Waals surface area contributed by atoms with Gasteiger partial charge in [-0.2, -0.15) is 10.4 Å². The van der Waals surface area contributed by atoms with Crippen LogP contribution < -0.4 is 16.2 Å². The number of aryl methyl sites for hydroxylation is 1. The highest BCUT2D eigenvalue weighted by Gasteiger charge is 2.22. The zero-order chi connectivity index (χ0) is 23.3. The Labute approximate surface area is 185 Å². The maximum atomic E-state index is 12.9. The van der Waals surface area contributed by atoms with Crippen molar-refractivity contribution < 1.29 is 9.59 Å². The maximum absolute atomic E-state index is 12.9. The number of anilines is 2. The number of hydrogen-bond acceptors (Lipinski definition) is 5. The Balaban J connectivity index is 1.94. The quantitative estimate of drug-likeness (QED) is 0.620. The van der Waals surface area contributed by atoms with Crippen LogP contribution in [-0.2, 0) is 9.59 Å². The summed E-state index contributed by atoms with van der Waals surface area (Å²) < 4.78 is 1.16. The molecule has 1 atom stereocenters. The fourth-order valence-corrected chi connectivity index (χ4v) is 3.27. The zero-order valence-corrected chi connectivity index (χ0v) is 18.0. The number of carbonyl (C=O) groups excluding carboxylic acids is 2. The van der Waals surface area contributed by atoms with E-state index in [-0.39, 0.29) is 5.91 Å². The number of aromatic nitrogens is 2. The van der Waals surface area contributed by atoms with Crippen LogP contribution in [0.5, 0.6) is 0 Å². The smallest absolute Gasteiger partial charge is 0.267 e. The van der Waals surface area contributed by atoms with Gasteiger partial charge in [0.25, 0.3) is 5.56 Å². The molecule has 0 saturated heterocycles. The fourth-order valence-electron chi connectivity index (χ4n) is 3.27. The van der Waals surface area contributed by atoms with Gasteiger partial charge >= 0.3 is 0 Å². The second kappa shape index (κ2) is 9.71. The van der Waals surface area contributed by atoms with Crippen LogP contribution in [0.1, 0.15) is 37.4 Å². The molecule has 2 N–H and O–H groups in total. The Morgan fingerprint density at radius 3 is 2.59 bits per heavy atom. The molecular weight excluding hydrogens is 406 g/mol. The van der Waals surface area contributed by atoms with Gasteiger partial charge in [-0.1, -0.05) is 25.1 Å². The van der Waals surface area contributed by atoms with Crippen LogP contribution in [0, 0.1) is 18.3 Å². The average molecular weight is 429 g/mol. The van der Waals surface area contributed by atoms with E-state index in [1.165, 1.54) is 13.0 Å². The molecule has 0 bridgehead atoms. The molecule has 2 amide bonds. The number of rotatable bonds is 6. The Hall–Kier alpha value is -4.25. The van der Waals surface area contributed by atoms with Crippen molar-refractivity contribution >= 4 is 23.2 Å². The summed E-state index contributed by atoms with van der Waals surface area (Å²) in [5, 5.41) is 19.0. The standard InChI is InChI=1S/C24H23N5O3/c1-4-22(24(32)27-19-7-5-6-17(12-19)14-25)29-23(31)11-10-20(28-29)18-9-8-15(2)21(13-18)26-16(3)30/h5-13,22H,4H2,1-3H3,(H,26,30)(H,27,32). The summed E-state index contributed by atoms with van der Waals surface area (Å²) >= 11 is 0. The molecular formula is C24H23N5O3. The number of benzene rings is 2. The molecule has 3 aromatic rings. The maximum Gasteiger partial charge on any atom is 0.267 e. The molecule has 0 aliphatic rings. The second-order valence-corrected chi connectivity index (χ2v) is 7.32. The van der Waals surface area contributed by atoms with E-state index in [4.69, 9.17) is 5.26 Å². The van der Waals surface area contributed by atoms with Gasteiger partial charge in [-0.15, -0.1) is 0 Å². The van der Waals surface area contributed by atoms with Crippen LogP contribution in [0.15, 0.2) is 59.4 Å². The third kappa shape index (κ3) is 5.08. The van der Waals surface area contributed by atoms with E-state index < -0.39 is 17.5 Å². The van der Waals surface area contributed by atoms with Crippen LogP contribution in [0.3, 0.4) is 0 Å². The Kier molecular flexibility index (Phi) is 6.80. The highest BCUT2D eigenvalue weighted by Crippen LogP contribution is 2.24. The summed E-state index contributed by atoms with van der Waals surface area (Å²) in [7, 11) is 0. The van der Waals surface area contributed by atoms with Crippen molar-refractivity contribution in [3.8, 4) is 17.3 Å². The van der Waals surface area contributed by atoms with E-state index in [2.05, 4.69) is 15.7 Å². The highest BCUT2D eigenvalue weighted by molar-refractivity contribution is 5.94. The molecule has 162 valence electrons.